The summed E-state index contributed by atoms with van der Waals surface area (Å²) in [6, 6.07) is 7.82. The van der Waals surface area contributed by atoms with Crippen LogP contribution in [0, 0.1) is 0 Å². The molecule has 0 bridgehead atoms. The molecule has 3 rings (SSSR count). The van der Waals surface area contributed by atoms with Gasteiger partial charge in [-0.2, -0.15) is 0 Å². The zero-order chi connectivity index (χ0) is 15.1. The molecular formula is C15H10LiO6. The molecule has 0 aliphatic carbocycles. The Morgan fingerprint density at radius 1 is 0.864 bits per heavy atom. The Balaban J connectivity index is 0.00000176. The Labute approximate surface area is 136 Å². The van der Waals surface area contributed by atoms with Crippen LogP contribution >= 0.6 is 0 Å². The van der Waals surface area contributed by atoms with Crippen molar-refractivity contribution < 1.29 is 24.8 Å². The van der Waals surface area contributed by atoms with Crippen LogP contribution in [0.5, 0.6) is 23.0 Å². The van der Waals surface area contributed by atoms with Gasteiger partial charge in [0.25, 0.3) is 0 Å². The summed E-state index contributed by atoms with van der Waals surface area (Å²) in [6.07, 6.45) is 0. The molecule has 0 amide bonds. The largest absolute Gasteiger partial charge is 0.508 e. The molecule has 1 radical (unpaired) electrons. The van der Waals surface area contributed by atoms with Gasteiger partial charge in [0.15, 0.2) is 5.76 Å². The zero-order valence-corrected chi connectivity index (χ0v) is 11.6. The van der Waals surface area contributed by atoms with Gasteiger partial charge >= 0.3 is 0 Å². The molecule has 7 heteroatoms. The molecule has 0 saturated carbocycles. The van der Waals surface area contributed by atoms with Crippen molar-refractivity contribution >= 4 is 29.8 Å². The number of rotatable bonds is 1. The molecule has 0 spiro atoms. The summed E-state index contributed by atoms with van der Waals surface area (Å²) in [5.74, 6) is -1.50. The fourth-order valence-electron chi connectivity index (χ4n) is 2.08. The molecule has 1 aromatic heterocycles. The normalized spacial score (nSPS) is 10.4. The fourth-order valence-corrected chi connectivity index (χ4v) is 2.08. The Kier molecular flexibility index (Phi) is 4.09. The van der Waals surface area contributed by atoms with E-state index < -0.39 is 16.9 Å². The third kappa shape index (κ3) is 2.50. The van der Waals surface area contributed by atoms with Gasteiger partial charge in [0, 0.05) is 36.6 Å². The standard InChI is InChI=1S/C15H10O6.Li/c16-8-3-1-7(2-4-8)15-14(20)13(19)12-10(18)5-9(17)6-11(12)21-15;/h1-6,16-18,20H;. The van der Waals surface area contributed by atoms with Gasteiger partial charge in [0.2, 0.25) is 11.2 Å². The second-order valence-corrected chi connectivity index (χ2v) is 4.49. The molecule has 3 aromatic rings. The minimum absolute atomic E-state index is 0. The number of phenols is 3. The van der Waals surface area contributed by atoms with Crippen LogP contribution in [-0.4, -0.2) is 39.3 Å². The third-order valence-corrected chi connectivity index (χ3v) is 3.06. The van der Waals surface area contributed by atoms with Crippen molar-refractivity contribution in [2.75, 3.05) is 0 Å². The summed E-state index contributed by atoms with van der Waals surface area (Å²) < 4.78 is 5.41. The number of aromatic hydroxyl groups is 4. The van der Waals surface area contributed by atoms with E-state index >= 15 is 0 Å². The second-order valence-electron chi connectivity index (χ2n) is 4.49. The van der Waals surface area contributed by atoms with Crippen LogP contribution in [0.3, 0.4) is 0 Å². The number of fused-ring (bicyclic) bond motifs is 1. The number of phenolic OH excluding ortho intramolecular Hbond substituents is 3. The predicted octanol–water partition coefficient (Wildman–Crippen LogP) is 1.90. The summed E-state index contributed by atoms with van der Waals surface area (Å²) in [5, 5.41) is 38.1. The van der Waals surface area contributed by atoms with Gasteiger partial charge in [-0.1, -0.05) is 0 Å². The molecule has 6 nitrogen and oxygen atoms in total. The smallest absolute Gasteiger partial charge is 0.238 e. The fraction of sp³-hybridized carbons (Fsp3) is 0. The third-order valence-electron chi connectivity index (χ3n) is 3.06. The molecule has 2 aromatic carbocycles. The number of benzene rings is 2. The van der Waals surface area contributed by atoms with Gasteiger partial charge in [0.1, 0.15) is 28.2 Å². The van der Waals surface area contributed by atoms with E-state index in [1.807, 2.05) is 0 Å². The van der Waals surface area contributed by atoms with Gasteiger partial charge in [0.05, 0.1) is 0 Å². The monoisotopic (exact) mass is 293 g/mol. The maximum atomic E-state index is 12.1. The van der Waals surface area contributed by atoms with Crippen molar-refractivity contribution in [1.82, 2.24) is 0 Å². The Morgan fingerprint density at radius 2 is 1.50 bits per heavy atom. The van der Waals surface area contributed by atoms with Crippen molar-refractivity contribution in [3.05, 3.63) is 46.6 Å². The van der Waals surface area contributed by atoms with Crippen LogP contribution < -0.4 is 5.43 Å². The molecule has 0 saturated heterocycles. The van der Waals surface area contributed by atoms with E-state index in [1.54, 1.807) is 0 Å². The van der Waals surface area contributed by atoms with Crippen LogP contribution in [0.4, 0.5) is 0 Å². The van der Waals surface area contributed by atoms with Crippen LogP contribution in [0.15, 0.2) is 45.6 Å². The Hall–Kier alpha value is -2.55. The summed E-state index contributed by atoms with van der Waals surface area (Å²) in [7, 11) is 0. The SMILES string of the molecule is O=c1c(O)c(-c2ccc(O)cc2)oc2cc(O)cc(O)c12.[Li]. The first-order valence-corrected chi connectivity index (χ1v) is 5.98. The van der Waals surface area contributed by atoms with Crippen LogP contribution in [0.2, 0.25) is 0 Å². The van der Waals surface area contributed by atoms with E-state index in [0.29, 0.717) is 5.56 Å². The van der Waals surface area contributed by atoms with Crippen molar-refractivity contribution in [1.29, 1.82) is 0 Å². The van der Waals surface area contributed by atoms with Gasteiger partial charge in [-0.05, 0) is 24.3 Å². The Bertz CT molecular complexity index is 899. The quantitative estimate of drug-likeness (QED) is 0.510. The molecule has 1 heterocycles. The van der Waals surface area contributed by atoms with E-state index in [1.165, 1.54) is 30.3 Å². The number of hydrogen-bond donors (Lipinski definition) is 4. The molecular weight excluding hydrogens is 283 g/mol. The molecule has 0 aliphatic heterocycles. The van der Waals surface area contributed by atoms with Crippen molar-refractivity contribution in [3.63, 3.8) is 0 Å². The molecule has 0 fully saturated rings. The van der Waals surface area contributed by atoms with E-state index in [4.69, 9.17) is 4.42 Å². The van der Waals surface area contributed by atoms with Crippen LogP contribution in [0.25, 0.3) is 22.3 Å². The predicted molar refractivity (Wildman–Crippen MR) is 80.3 cm³/mol. The van der Waals surface area contributed by atoms with Crippen molar-refractivity contribution in [2.24, 2.45) is 0 Å². The second kappa shape index (κ2) is 5.68. The summed E-state index contributed by atoms with van der Waals surface area (Å²) >= 11 is 0. The maximum Gasteiger partial charge on any atom is 0.238 e. The molecule has 22 heavy (non-hydrogen) atoms. The summed E-state index contributed by atoms with van der Waals surface area (Å²) in [5.41, 5.74) is -0.498. The van der Waals surface area contributed by atoms with E-state index in [2.05, 4.69) is 0 Å². The Morgan fingerprint density at radius 3 is 2.14 bits per heavy atom. The van der Waals surface area contributed by atoms with Crippen LogP contribution in [-0.2, 0) is 0 Å². The summed E-state index contributed by atoms with van der Waals surface area (Å²) in [4.78, 5) is 12.1. The van der Waals surface area contributed by atoms with E-state index in [-0.39, 0.29) is 47.1 Å². The molecule has 107 valence electrons. The van der Waals surface area contributed by atoms with Crippen LogP contribution in [0.1, 0.15) is 0 Å². The molecule has 0 unspecified atom stereocenters. The average molecular weight is 293 g/mol. The first kappa shape index (κ1) is 15.8. The van der Waals surface area contributed by atoms with Gasteiger partial charge in [-0.25, -0.2) is 0 Å². The van der Waals surface area contributed by atoms with Gasteiger partial charge in [-0.15, -0.1) is 0 Å². The summed E-state index contributed by atoms with van der Waals surface area (Å²) in [6.45, 7) is 0. The molecule has 0 atom stereocenters. The average Bonchev–Trinajstić information content (AvgIpc) is 2.43. The van der Waals surface area contributed by atoms with E-state index in [9.17, 15) is 25.2 Å². The minimum atomic E-state index is -0.808. The molecule has 0 aliphatic rings. The van der Waals surface area contributed by atoms with Gasteiger partial charge in [-0.3, -0.25) is 4.79 Å². The first-order chi connectivity index (χ1) is 9.97. The number of hydrogen-bond acceptors (Lipinski definition) is 6. The van der Waals surface area contributed by atoms with Gasteiger partial charge < -0.3 is 24.8 Å². The maximum absolute atomic E-state index is 12.1. The topological polar surface area (TPSA) is 111 Å². The zero-order valence-electron chi connectivity index (χ0n) is 11.6. The van der Waals surface area contributed by atoms with Crippen molar-refractivity contribution in [3.8, 4) is 34.3 Å². The molecule has 4 N–H and O–H groups in total. The van der Waals surface area contributed by atoms with Crippen molar-refractivity contribution in [2.45, 2.75) is 0 Å². The minimum Gasteiger partial charge on any atom is -0.508 e. The van der Waals surface area contributed by atoms with E-state index in [0.717, 1.165) is 6.07 Å². The first-order valence-electron chi connectivity index (χ1n) is 5.98.